The van der Waals surface area contributed by atoms with Gasteiger partial charge in [0.2, 0.25) is 0 Å². The third-order valence-electron chi connectivity index (χ3n) is 3.80. The third-order valence-corrected chi connectivity index (χ3v) is 3.80. The van der Waals surface area contributed by atoms with Gasteiger partial charge in [-0.3, -0.25) is 14.4 Å². The van der Waals surface area contributed by atoms with Crippen LogP contribution in [-0.2, 0) is 0 Å². The van der Waals surface area contributed by atoms with Gasteiger partial charge in [-0.15, -0.1) is 0 Å². The van der Waals surface area contributed by atoms with E-state index in [0.29, 0.717) is 35.3 Å². The highest BCUT2D eigenvalue weighted by Gasteiger charge is 2.36. The Bertz CT molecular complexity index is 764. The fourth-order valence-corrected chi connectivity index (χ4v) is 2.57. The van der Waals surface area contributed by atoms with E-state index in [2.05, 4.69) is 5.32 Å². The molecule has 0 bridgehead atoms. The predicted octanol–water partition coefficient (Wildman–Crippen LogP) is 1.60. The fraction of sp³-hybridized carbons (Fsp3) is 0.167. The summed E-state index contributed by atoms with van der Waals surface area (Å²) in [5, 5.41) is 11.4. The Morgan fingerprint density at radius 1 is 0.958 bits per heavy atom. The molecule has 0 atom stereocenters. The SMILES string of the molecule is O=C(NCCCO)c1ccc(N2C(=O)c3ccccc3C2=O)cc1. The number of aliphatic hydroxyl groups is 1. The maximum Gasteiger partial charge on any atom is 0.266 e. The lowest BCUT2D eigenvalue weighted by molar-refractivity contribution is 0.0922. The minimum absolute atomic E-state index is 0.0129. The van der Waals surface area contributed by atoms with Crippen molar-refractivity contribution in [2.45, 2.75) is 6.42 Å². The van der Waals surface area contributed by atoms with Crippen molar-refractivity contribution in [1.29, 1.82) is 0 Å². The molecule has 3 amide bonds. The van der Waals surface area contributed by atoms with Gasteiger partial charge in [-0.25, -0.2) is 4.90 Å². The zero-order valence-corrected chi connectivity index (χ0v) is 12.9. The first-order chi connectivity index (χ1) is 11.6. The van der Waals surface area contributed by atoms with Crippen LogP contribution in [0.15, 0.2) is 48.5 Å². The number of rotatable bonds is 5. The number of fused-ring (bicyclic) bond motifs is 1. The van der Waals surface area contributed by atoms with Crippen molar-refractivity contribution in [3.63, 3.8) is 0 Å². The first-order valence-corrected chi connectivity index (χ1v) is 7.60. The second-order valence-electron chi connectivity index (χ2n) is 5.37. The highest BCUT2D eigenvalue weighted by molar-refractivity contribution is 6.34. The molecule has 0 fully saturated rings. The van der Waals surface area contributed by atoms with Crippen molar-refractivity contribution in [1.82, 2.24) is 5.32 Å². The fourth-order valence-electron chi connectivity index (χ4n) is 2.57. The minimum Gasteiger partial charge on any atom is -0.396 e. The Labute approximate surface area is 138 Å². The Balaban J connectivity index is 1.79. The van der Waals surface area contributed by atoms with E-state index in [1.165, 1.54) is 0 Å². The number of hydrogen-bond donors (Lipinski definition) is 2. The predicted molar refractivity (Wildman–Crippen MR) is 88.1 cm³/mol. The Morgan fingerprint density at radius 3 is 2.08 bits per heavy atom. The van der Waals surface area contributed by atoms with Gasteiger partial charge in [-0.2, -0.15) is 0 Å². The van der Waals surface area contributed by atoms with Gasteiger partial charge in [0.25, 0.3) is 17.7 Å². The van der Waals surface area contributed by atoms with Crippen LogP contribution in [0.25, 0.3) is 0 Å². The molecule has 0 radical (unpaired) electrons. The third kappa shape index (κ3) is 2.79. The first-order valence-electron chi connectivity index (χ1n) is 7.60. The monoisotopic (exact) mass is 324 g/mol. The van der Waals surface area contributed by atoms with Gasteiger partial charge in [0.05, 0.1) is 16.8 Å². The summed E-state index contributed by atoms with van der Waals surface area (Å²) in [5.74, 6) is -0.996. The van der Waals surface area contributed by atoms with Crippen LogP contribution in [0.5, 0.6) is 0 Å². The van der Waals surface area contributed by atoms with E-state index in [4.69, 9.17) is 5.11 Å². The highest BCUT2D eigenvalue weighted by Crippen LogP contribution is 2.28. The number of carbonyl (C=O) groups excluding carboxylic acids is 3. The molecule has 6 nitrogen and oxygen atoms in total. The van der Waals surface area contributed by atoms with Crippen molar-refractivity contribution >= 4 is 23.4 Å². The summed E-state index contributed by atoms with van der Waals surface area (Å²) >= 11 is 0. The second-order valence-corrected chi connectivity index (χ2v) is 5.37. The molecule has 0 saturated carbocycles. The second kappa shape index (κ2) is 6.64. The normalized spacial score (nSPS) is 13.1. The van der Waals surface area contributed by atoms with E-state index < -0.39 is 0 Å². The van der Waals surface area contributed by atoms with Gasteiger partial charge in [0.15, 0.2) is 0 Å². The molecule has 0 aromatic heterocycles. The first kappa shape index (κ1) is 15.9. The quantitative estimate of drug-likeness (QED) is 0.646. The average molecular weight is 324 g/mol. The van der Waals surface area contributed by atoms with E-state index >= 15 is 0 Å². The van der Waals surface area contributed by atoms with Gasteiger partial charge in [-0.1, -0.05) is 12.1 Å². The zero-order valence-electron chi connectivity index (χ0n) is 12.9. The van der Waals surface area contributed by atoms with E-state index in [9.17, 15) is 14.4 Å². The van der Waals surface area contributed by atoms with Gasteiger partial charge in [0, 0.05) is 18.7 Å². The van der Waals surface area contributed by atoms with Crippen molar-refractivity contribution in [3.8, 4) is 0 Å². The van der Waals surface area contributed by atoms with Crippen molar-refractivity contribution < 1.29 is 19.5 Å². The summed E-state index contributed by atoms with van der Waals surface area (Å²) in [5.41, 5.74) is 1.61. The number of carbonyl (C=O) groups is 3. The van der Waals surface area contributed by atoms with Crippen molar-refractivity contribution in [2.24, 2.45) is 0 Å². The molecule has 0 spiro atoms. The number of anilines is 1. The molecule has 0 aliphatic carbocycles. The summed E-state index contributed by atoms with van der Waals surface area (Å²) in [7, 11) is 0. The summed E-state index contributed by atoms with van der Waals surface area (Å²) < 4.78 is 0. The molecule has 1 aliphatic heterocycles. The summed E-state index contributed by atoms with van der Waals surface area (Å²) in [6.07, 6.45) is 0.485. The van der Waals surface area contributed by atoms with Crippen LogP contribution in [0.3, 0.4) is 0 Å². The van der Waals surface area contributed by atoms with E-state index in [1.54, 1.807) is 48.5 Å². The van der Waals surface area contributed by atoms with E-state index in [-0.39, 0.29) is 24.3 Å². The van der Waals surface area contributed by atoms with Crippen molar-refractivity contribution in [3.05, 3.63) is 65.2 Å². The summed E-state index contributed by atoms with van der Waals surface area (Å²) in [6, 6.07) is 12.9. The van der Waals surface area contributed by atoms with Gasteiger partial charge in [-0.05, 0) is 42.8 Å². The van der Waals surface area contributed by atoms with Crippen LogP contribution in [0.2, 0.25) is 0 Å². The smallest absolute Gasteiger partial charge is 0.266 e. The van der Waals surface area contributed by atoms with Crippen LogP contribution in [0.4, 0.5) is 5.69 Å². The average Bonchev–Trinajstić information content (AvgIpc) is 2.87. The van der Waals surface area contributed by atoms with E-state index in [0.717, 1.165) is 4.90 Å². The number of nitrogens with zero attached hydrogens (tertiary/aromatic N) is 1. The van der Waals surface area contributed by atoms with Gasteiger partial charge in [0.1, 0.15) is 0 Å². The van der Waals surface area contributed by atoms with Crippen LogP contribution in [-0.4, -0.2) is 36.0 Å². The number of imide groups is 1. The molecule has 1 heterocycles. The molecule has 0 unspecified atom stereocenters. The summed E-state index contributed by atoms with van der Waals surface area (Å²) in [4.78, 5) is 37.8. The number of benzene rings is 2. The zero-order chi connectivity index (χ0) is 17.1. The maximum atomic E-state index is 12.4. The number of aliphatic hydroxyl groups excluding tert-OH is 1. The minimum atomic E-state index is -0.365. The number of amides is 3. The highest BCUT2D eigenvalue weighted by atomic mass is 16.3. The Morgan fingerprint density at radius 2 is 1.54 bits per heavy atom. The standard InChI is InChI=1S/C18H16N2O4/c21-11-3-10-19-16(22)12-6-8-13(9-7-12)20-17(23)14-4-1-2-5-15(14)18(20)24/h1-2,4-9,21H,3,10-11H2,(H,19,22). The molecule has 122 valence electrons. The van der Waals surface area contributed by atoms with Gasteiger partial charge < -0.3 is 10.4 Å². The van der Waals surface area contributed by atoms with Crippen LogP contribution >= 0.6 is 0 Å². The lowest BCUT2D eigenvalue weighted by Crippen LogP contribution is -2.29. The molecular formula is C18H16N2O4. The molecule has 0 saturated heterocycles. The van der Waals surface area contributed by atoms with Crippen LogP contribution < -0.4 is 10.2 Å². The molecule has 24 heavy (non-hydrogen) atoms. The molecule has 3 rings (SSSR count). The largest absolute Gasteiger partial charge is 0.396 e. The number of hydrogen-bond acceptors (Lipinski definition) is 4. The lowest BCUT2D eigenvalue weighted by Gasteiger charge is -2.14. The molecule has 1 aliphatic rings. The van der Waals surface area contributed by atoms with Gasteiger partial charge >= 0.3 is 0 Å². The van der Waals surface area contributed by atoms with E-state index in [1.807, 2.05) is 0 Å². The Kier molecular flexibility index (Phi) is 4.39. The van der Waals surface area contributed by atoms with Crippen molar-refractivity contribution in [2.75, 3.05) is 18.1 Å². The molecule has 2 aromatic rings. The van der Waals surface area contributed by atoms with Crippen LogP contribution in [0, 0.1) is 0 Å². The number of nitrogens with one attached hydrogen (secondary N) is 1. The molecule has 2 aromatic carbocycles. The van der Waals surface area contributed by atoms with Crippen LogP contribution in [0.1, 0.15) is 37.5 Å². The molecule has 6 heteroatoms. The summed E-state index contributed by atoms with van der Waals surface area (Å²) in [6.45, 7) is 0.397. The molecular weight excluding hydrogens is 308 g/mol. The Hall–Kier alpha value is -2.99. The molecule has 2 N–H and O–H groups in total. The lowest BCUT2D eigenvalue weighted by atomic mass is 10.1. The topological polar surface area (TPSA) is 86.7 Å². The maximum absolute atomic E-state index is 12.4.